The Morgan fingerprint density at radius 3 is 2.61 bits per heavy atom. The highest BCUT2D eigenvalue weighted by molar-refractivity contribution is 5.78. The van der Waals surface area contributed by atoms with E-state index in [1.54, 1.807) is 6.33 Å². The number of carbonyl (C=O) groups excluding carboxylic acids is 1. The van der Waals surface area contributed by atoms with E-state index in [0.29, 0.717) is 19.0 Å². The number of nitrogens with one attached hydrogen (secondary N) is 1. The van der Waals surface area contributed by atoms with Gasteiger partial charge in [0.25, 0.3) is 0 Å². The number of aromatic nitrogens is 2. The molecule has 7 heteroatoms. The lowest BCUT2D eigenvalue weighted by Crippen LogP contribution is -2.51. The highest BCUT2D eigenvalue weighted by Crippen LogP contribution is 2.31. The number of nitrogens with zero attached hydrogens (tertiary/aromatic N) is 4. The lowest BCUT2D eigenvalue weighted by molar-refractivity contribution is -0.149. The predicted molar refractivity (Wildman–Crippen MR) is 108 cm³/mol. The van der Waals surface area contributed by atoms with E-state index >= 15 is 0 Å². The second-order valence-corrected chi connectivity index (χ2v) is 8.73. The molecule has 3 fully saturated rings. The number of anilines is 1. The fraction of sp³-hybridized carbons (Fsp3) is 0.762. The van der Waals surface area contributed by atoms with Gasteiger partial charge in [0.2, 0.25) is 5.91 Å². The molecule has 1 saturated carbocycles. The minimum Gasteiger partial charge on any atom is -0.367 e. The third-order valence-corrected chi connectivity index (χ3v) is 6.45. The molecule has 0 aromatic carbocycles. The first-order chi connectivity index (χ1) is 13.6. The van der Waals surface area contributed by atoms with Crippen LogP contribution < -0.4 is 5.32 Å². The van der Waals surface area contributed by atoms with Crippen LogP contribution in [0.15, 0.2) is 6.33 Å². The minimum absolute atomic E-state index is 0.00215. The first-order valence-electron chi connectivity index (χ1n) is 10.7. The van der Waals surface area contributed by atoms with Crippen LogP contribution >= 0.6 is 0 Å². The molecule has 1 N–H and O–H groups in total. The quantitative estimate of drug-likeness (QED) is 0.770. The Morgan fingerprint density at radius 2 is 1.86 bits per heavy atom. The summed E-state index contributed by atoms with van der Waals surface area (Å²) in [5, 5.41) is 3.37. The van der Waals surface area contributed by atoms with E-state index in [0.717, 1.165) is 29.5 Å². The van der Waals surface area contributed by atoms with Gasteiger partial charge < -0.3 is 19.9 Å². The molecule has 1 aromatic heterocycles. The van der Waals surface area contributed by atoms with Crippen molar-refractivity contribution in [2.24, 2.45) is 11.8 Å². The molecular formula is C21H33N5O2. The third kappa shape index (κ3) is 5.00. The van der Waals surface area contributed by atoms with E-state index in [1.807, 2.05) is 18.7 Å². The Kier molecular flexibility index (Phi) is 6.11. The standard InChI is InChI=1S/C21H33N5O2/c1-15-16(2)23-14-24-21(15)22-9-19-12-26(20(27)13-28-19)11-18-5-7-25(8-6-18)10-17-3-4-17/h14,17-19H,3-13H2,1-2H3,(H,22,23,24)/t19-/m1/s1. The Bertz CT molecular complexity index is 685. The summed E-state index contributed by atoms with van der Waals surface area (Å²) < 4.78 is 5.76. The van der Waals surface area contributed by atoms with Gasteiger partial charge in [-0.25, -0.2) is 9.97 Å². The van der Waals surface area contributed by atoms with E-state index < -0.39 is 0 Å². The van der Waals surface area contributed by atoms with Gasteiger partial charge in [0, 0.05) is 37.4 Å². The Hall–Kier alpha value is -1.73. The monoisotopic (exact) mass is 387 g/mol. The van der Waals surface area contributed by atoms with Crippen molar-refractivity contribution in [3.05, 3.63) is 17.6 Å². The van der Waals surface area contributed by atoms with Crippen LogP contribution in [0.2, 0.25) is 0 Å². The van der Waals surface area contributed by atoms with Crippen LogP contribution in [0.1, 0.15) is 36.9 Å². The van der Waals surface area contributed by atoms with E-state index in [9.17, 15) is 4.79 Å². The van der Waals surface area contributed by atoms with Gasteiger partial charge in [0.15, 0.2) is 0 Å². The number of hydrogen-bond acceptors (Lipinski definition) is 6. The van der Waals surface area contributed by atoms with E-state index in [1.165, 1.54) is 45.3 Å². The van der Waals surface area contributed by atoms with Crippen LogP contribution in [0.25, 0.3) is 0 Å². The molecule has 1 amide bonds. The van der Waals surface area contributed by atoms with Crippen LogP contribution in [0.5, 0.6) is 0 Å². The van der Waals surface area contributed by atoms with Crippen LogP contribution in [0.4, 0.5) is 5.82 Å². The molecule has 1 atom stereocenters. The lowest BCUT2D eigenvalue weighted by Gasteiger charge is -2.38. The maximum Gasteiger partial charge on any atom is 0.248 e. The van der Waals surface area contributed by atoms with Crippen molar-refractivity contribution >= 4 is 11.7 Å². The van der Waals surface area contributed by atoms with Crippen molar-refractivity contribution < 1.29 is 9.53 Å². The number of piperidine rings is 1. The highest BCUT2D eigenvalue weighted by Gasteiger charge is 2.31. The number of amides is 1. The third-order valence-electron chi connectivity index (χ3n) is 6.45. The van der Waals surface area contributed by atoms with E-state index in [-0.39, 0.29) is 18.6 Å². The van der Waals surface area contributed by atoms with E-state index in [4.69, 9.17) is 4.74 Å². The Balaban J connectivity index is 1.24. The second-order valence-electron chi connectivity index (χ2n) is 8.73. The largest absolute Gasteiger partial charge is 0.367 e. The number of carbonyl (C=O) groups is 1. The number of likely N-dealkylation sites (tertiary alicyclic amines) is 1. The zero-order valence-corrected chi connectivity index (χ0v) is 17.2. The average Bonchev–Trinajstić information content (AvgIpc) is 3.51. The average molecular weight is 388 g/mol. The maximum absolute atomic E-state index is 12.4. The topological polar surface area (TPSA) is 70.6 Å². The molecule has 0 spiro atoms. The van der Waals surface area contributed by atoms with Crippen LogP contribution in [-0.2, 0) is 9.53 Å². The minimum atomic E-state index is 0.00215. The number of hydrogen-bond donors (Lipinski definition) is 1. The molecule has 0 bridgehead atoms. The Morgan fingerprint density at radius 1 is 1.11 bits per heavy atom. The number of rotatable bonds is 7. The SMILES string of the molecule is Cc1ncnc(NC[C@@H]2CN(CC3CCN(CC4CC4)CC3)C(=O)CO2)c1C. The van der Waals surface area contributed by atoms with Gasteiger partial charge in [-0.05, 0) is 64.5 Å². The molecule has 3 aliphatic rings. The zero-order valence-electron chi connectivity index (χ0n) is 17.2. The van der Waals surface area contributed by atoms with Crippen LogP contribution in [0.3, 0.4) is 0 Å². The highest BCUT2D eigenvalue weighted by atomic mass is 16.5. The predicted octanol–water partition coefficient (Wildman–Crippen LogP) is 1.85. The molecule has 1 aromatic rings. The van der Waals surface area contributed by atoms with Gasteiger partial charge in [-0.15, -0.1) is 0 Å². The molecule has 154 valence electrons. The smallest absolute Gasteiger partial charge is 0.248 e. The summed E-state index contributed by atoms with van der Waals surface area (Å²) in [5.41, 5.74) is 2.04. The molecule has 0 radical (unpaired) electrons. The van der Waals surface area contributed by atoms with Crippen molar-refractivity contribution in [3.8, 4) is 0 Å². The van der Waals surface area contributed by atoms with Gasteiger partial charge in [-0.1, -0.05) is 0 Å². The Labute approximate surface area is 167 Å². The normalized spacial score (nSPS) is 24.6. The summed E-state index contributed by atoms with van der Waals surface area (Å²) in [6.07, 6.45) is 6.84. The van der Waals surface area contributed by atoms with E-state index in [2.05, 4.69) is 20.2 Å². The lowest BCUT2D eigenvalue weighted by atomic mass is 9.95. The van der Waals surface area contributed by atoms with Crippen molar-refractivity contribution in [1.82, 2.24) is 19.8 Å². The van der Waals surface area contributed by atoms with Crippen molar-refractivity contribution in [2.45, 2.75) is 45.6 Å². The number of ether oxygens (including phenoxy) is 1. The molecule has 2 aliphatic heterocycles. The summed E-state index contributed by atoms with van der Waals surface area (Å²) in [6, 6.07) is 0. The zero-order chi connectivity index (χ0) is 19.5. The molecule has 4 rings (SSSR count). The number of morpholine rings is 1. The first kappa shape index (κ1) is 19.6. The van der Waals surface area contributed by atoms with Crippen LogP contribution in [-0.4, -0.2) is 77.7 Å². The second kappa shape index (κ2) is 8.74. The molecule has 2 saturated heterocycles. The summed E-state index contributed by atoms with van der Waals surface area (Å²) >= 11 is 0. The van der Waals surface area contributed by atoms with Crippen LogP contribution in [0, 0.1) is 25.7 Å². The fourth-order valence-electron chi connectivity index (χ4n) is 4.24. The molecule has 1 aliphatic carbocycles. The van der Waals surface area contributed by atoms with Crippen molar-refractivity contribution in [3.63, 3.8) is 0 Å². The molecule has 7 nitrogen and oxygen atoms in total. The summed E-state index contributed by atoms with van der Waals surface area (Å²) in [5.74, 6) is 2.57. The maximum atomic E-state index is 12.4. The first-order valence-corrected chi connectivity index (χ1v) is 10.7. The van der Waals surface area contributed by atoms with Gasteiger partial charge in [-0.3, -0.25) is 4.79 Å². The van der Waals surface area contributed by atoms with Gasteiger partial charge in [0.05, 0.1) is 6.10 Å². The van der Waals surface area contributed by atoms with Gasteiger partial charge >= 0.3 is 0 Å². The van der Waals surface area contributed by atoms with Gasteiger partial charge in [-0.2, -0.15) is 0 Å². The summed E-state index contributed by atoms with van der Waals surface area (Å²) in [7, 11) is 0. The van der Waals surface area contributed by atoms with Crippen molar-refractivity contribution in [1.29, 1.82) is 0 Å². The summed E-state index contributed by atoms with van der Waals surface area (Å²) in [4.78, 5) is 25.5. The number of aryl methyl sites for hydroxylation is 1. The molecule has 28 heavy (non-hydrogen) atoms. The van der Waals surface area contributed by atoms with Gasteiger partial charge in [0.1, 0.15) is 18.8 Å². The fourth-order valence-corrected chi connectivity index (χ4v) is 4.24. The molecule has 0 unspecified atom stereocenters. The molecule has 3 heterocycles. The van der Waals surface area contributed by atoms with Crippen molar-refractivity contribution in [2.75, 3.05) is 51.2 Å². The summed E-state index contributed by atoms with van der Waals surface area (Å²) in [6.45, 7) is 10.1. The molecular weight excluding hydrogens is 354 g/mol.